The zero-order valence-electron chi connectivity index (χ0n) is 9.64. The third-order valence-corrected chi connectivity index (χ3v) is 0.756. The van der Waals surface area contributed by atoms with Gasteiger partial charge < -0.3 is 18.2 Å². The topological polar surface area (TPSA) is 77.8 Å². The maximum absolute atomic E-state index is 8.63. The van der Waals surface area contributed by atoms with Crippen molar-refractivity contribution in [3.05, 3.63) is 30.3 Å². The fourth-order valence-corrected chi connectivity index (χ4v) is 0.428. The van der Waals surface area contributed by atoms with E-state index >= 15 is 0 Å². The molecule has 0 saturated heterocycles. The number of hydrogen-bond donors (Lipinski definition) is 3. The van der Waals surface area contributed by atoms with E-state index in [1.54, 1.807) is 24.3 Å². The fraction of sp³-hybridized carbons (Fsp3) is 0. The molecule has 13 heavy (non-hydrogen) atoms. The van der Waals surface area contributed by atoms with Gasteiger partial charge >= 0.3 is 109 Å². The Balaban J connectivity index is -0.0000000383. The second-order valence-electron chi connectivity index (χ2n) is 1.62. The molecule has 0 fully saturated rings. The van der Waals surface area contributed by atoms with Crippen LogP contribution in [0.1, 0.15) is 2.85 Å². The van der Waals surface area contributed by atoms with Crippen LogP contribution in [0.4, 0.5) is 4.79 Å². The summed E-state index contributed by atoms with van der Waals surface area (Å²) in [6.45, 7) is 0. The van der Waals surface area contributed by atoms with Gasteiger partial charge in [0.25, 0.3) is 0 Å². The van der Waals surface area contributed by atoms with Gasteiger partial charge in [-0.05, 0) is 12.1 Å². The number of para-hydroxylation sites is 1. The van der Waals surface area contributed by atoms with Crippen molar-refractivity contribution in [1.29, 1.82) is 0 Å². The maximum Gasteiger partial charge on any atom is 1.00 e. The minimum Gasteiger partial charge on any atom is -1.00 e. The largest absolute Gasteiger partial charge is 1.00 e. The second-order valence-corrected chi connectivity index (χ2v) is 1.62. The average Bonchev–Trinajstić information content (AvgIpc) is 1.87. The van der Waals surface area contributed by atoms with Crippen molar-refractivity contribution < 1.29 is 126 Å². The van der Waals surface area contributed by atoms with Crippen LogP contribution < -0.4 is 103 Å². The van der Waals surface area contributed by atoms with E-state index < -0.39 is 6.16 Å². The first-order valence-corrected chi connectivity index (χ1v) is 2.79. The first-order chi connectivity index (χ1) is 5.13. The van der Waals surface area contributed by atoms with E-state index in [0.717, 1.165) is 0 Å². The third-order valence-electron chi connectivity index (χ3n) is 0.756. The molecule has 0 bridgehead atoms. The second kappa shape index (κ2) is 13.6. The molecular weight excluding hydrogens is 226 g/mol. The number of carboxylic acid groups (broad SMARTS) is 2. The van der Waals surface area contributed by atoms with E-state index in [1.807, 2.05) is 6.07 Å². The standard InChI is InChI=1S/C6H6O.CH2O3.2K.2H/c7-6-4-2-1-3-5-6;2-1(3)4;;;;/h1-5,7H;(H2,2,3,4);;;;/q;;2*+1;2*-1. The van der Waals surface area contributed by atoms with Crippen LogP contribution in [0.15, 0.2) is 30.3 Å². The molecule has 64 valence electrons. The summed E-state index contributed by atoms with van der Waals surface area (Å²) in [6, 6.07) is 8.71. The predicted octanol–water partition coefficient (Wildman–Crippen LogP) is -4.15. The quantitative estimate of drug-likeness (QED) is 0.400. The van der Waals surface area contributed by atoms with Crippen LogP contribution >= 0.6 is 0 Å². The van der Waals surface area contributed by atoms with Crippen LogP contribution in [0.5, 0.6) is 5.75 Å². The van der Waals surface area contributed by atoms with Crippen LogP contribution in [-0.2, 0) is 0 Å². The van der Waals surface area contributed by atoms with Crippen LogP contribution in [0, 0.1) is 0 Å². The predicted molar refractivity (Wildman–Crippen MR) is 41.0 cm³/mol. The zero-order valence-corrected chi connectivity index (χ0v) is 13.9. The molecule has 0 heterocycles. The van der Waals surface area contributed by atoms with E-state index in [0.29, 0.717) is 5.75 Å². The van der Waals surface area contributed by atoms with Gasteiger partial charge in [-0.25, -0.2) is 4.79 Å². The Morgan fingerprint density at radius 2 is 1.38 bits per heavy atom. The molecule has 1 aromatic rings. The van der Waals surface area contributed by atoms with Crippen molar-refractivity contribution in [2.24, 2.45) is 0 Å². The fourth-order valence-electron chi connectivity index (χ4n) is 0.428. The minimum absolute atomic E-state index is 0. The summed E-state index contributed by atoms with van der Waals surface area (Å²) in [6.07, 6.45) is -1.83. The van der Waals surface area contributed by atoms with Gasteiger partial charge in [0.2, 0.25) is 0 Å². The molecule has 4 nitrogen and oxygen atoms in total. The van der Waals surface area contributed by atoms with Gasteiger partial charge in [0.1, 0.15) is 5.75 Å². The van der Waals surface area contributed by atoms with Gasteiger partial charge in [0.05, 0.1) is 0 Å². The van der Waals surface area contributed by atoms with Gasteiger partial charge in [-0.1, -0.05) is 18.2 Å². The summed E-state index contributed by atoms with van der Waals surface area (Å²) < 4.78 is 0. The summed E-state index contributed by atoms with van der Waals surface area (Å²) in [4.78, 5) is 8.56. The van der Waals surface area contributed by atoms with Crippen molar-refractivity contribution in [2.75, 3.05) is 0 Å². The molecular formula is C7H10K2O4. The molecule has 0 unspecified atom stereocenters. The van der Waals surface area contributed by atoms with Gasteiger partial charge in [-0.15, -0.1) is 0 Å². The normalized spacial score (nSPS) is 6.46. The van der Waals surface area contributed by atoms with Crippen LogP contribution in [-0.4, -0.2) is 21.5 Å². The van der Waals surface area contributed by atoms with Crippen molar-refractivity contribution in [3.8, 4) is 5.75 Å². The molecule has 0 spiro atoms. The van der Waals surface area contributed by atoms with Gasteiger partial charge in [-0.2, -0.15) is 0 Å². The smallest absolute Gasteiger partial charge is 1.00 e. The molecule has 0 saturated carbocycles. The van der Waals surface area contributed by atoms with Gasteiger partial charge in [0, 0.05) is 0 Å². The van der Waals surface area contributed by atoms with Crippen LogP contribution in [0.25, 0.3) is 0 Å². The van der Waals surface area contributed by atoms with E-state index in [-0.39, 0.29) is 106 Å². The summed E-state index contributed by atoms with van der Waals surface area (Å²) in [5, 5.41) is 22.6. The SMILES string of the molecule is O=C(O)O.Oc1ccccc1.[H-].[H-].[K+].[K+]. The first-order valence-electron chi connectivity index (χ1n) is 2.79. The van der Waals surface area contributed by atoms with Gasteiger partial charge in [0.15, 0.2) is 0 Å². The molecule has 0 aliphatic rings. The van der Waals surface area contributed by atoms with E-state index in [2.05, 4.69) is 0 Å². The number of phenolic OH excluding ortho intramolecular Hbond substituents is 1. The summed E-state index contributed by atoms with van der Waals surface area (Å²) in [5.74, 6) is 0.322. The number of rotatable bonds is 0. The number of hydrogen-bond acceptors (Lipinski definition) is 2. The number of aromatic hydroxyl groups is 1. The number of benzene rings is 1. The molecule has 1 rings (SSSR count). The Morgan fingerprint density at radius 3 is 1.54 bits per heavy atom. The number of phenols is 1. The molecule has 0 amide bonds. The molecule has 6 heteroatoms. The Hall–Kier alpha value is 1.56. The Bertz CT molecular complexity index is 219. The van der Waals surface area contributed by atoms with Crippen molar-refractivity contribution >= 4 is 6.16 Å². The number of carbonyl (C=O) groups is 1. The third kappa shape index (κ3) is 19.8. The van der Waals surface area contributed by atoms with Crippen LogP contribution in [0.3, 0.4) is 0 Å². The van der Waals surface area contributed by atoms with E-state index in [1.165, 1.54) is 0 Å². The summed E-state index contributed by atoms with van der Waals surface area (Å²) in [5.41, 5.74) is 0. The Morgan fingerprint density at radius 1 is 1.08 bits per heavy atom. The maximum atomic E-state index is 8.63. The van der Waals surface area contributed by atoms with Crippen molar-refractivity contribution in [2.45, 2.75) is 0 Å². The summed E-state index contributed by atoms with van der Waals surface area (Å²) >= 11 is 0. The zero-order chi connectivity index (χ0) is 8.69. The van der Waals surface area contributed by atoms with Crippen molar-refractivity contribution in [1.82, 2.24) is 0 Å². The summed E-state index contributed by atoms with van der Waals surface area (Å²) in [7, 11) is 0. The molecule has 0 atom stereocenters. The molecule has 0 aliphatic heterocycles. The first kappa shape index (κ1) is 20.0. The minimum atomic E-state index is -1.83. The van der Waals surface area contributed by atoms with Crippen LogP contribution in [0.2, 0.25) is 0 Å². The Labute approximate surface area is 164 Å². The molecule has 1 aromatic carbocycles. The average molecular weight is 236 g/mol. The van der Waals surface area contributed by atoms with E-state index in [9.17, 15) is 0 Å². The molecule has 0 aromatic heterocycles. The molecule has 0 aliphatic carbocycles. The monoisotopic (exact) mass is 236 g/mol. The molecule has 3 N–H and O–H groups in total. The Kier molecular flexibility index (Phi) is 20.9. The van der Waals surface area contributed by atoms with Gasteiger partial charge in [-0.3, -0.25) is 0 Å². The molecule has 0 radical (unpaired) electrons. The van der Waals surface area contributed by atoms with Crippen molar-refractivity contribution in [3.63, 3.8) is 0 Å². The van der Waals surface area contributed by atoms with E-state index in [4.69, 9.17) is 20.1 Å².